The number of piperidine rings is 1. The van der Waals surface area contributed by atoms with Crippen molar-refractivity contribution in [2.24, 2.45) is 0 Å². The summed E-state index contributed by atoms with van der Waals surface area (Å²) in [5.41, 5.74) is 0. The highest BCUT2D eigenvalue weighted by molar-refractivity contribution is 7.89. The molecule has 1 aromatic heterocycles. The van der Waals surface area contributed by atoms with Gasteiger partial charge in [-0.15, -0.1) is 0 Å². The van der Waals surface area contributed by atoms with Gasteiger partial charge in [-0.25, -0.2) is 8.42 Å². The van der Waals surface area contributed by atoms with Crippen molar-refractivity contribution in [1.82, 2.24) is 9.62 Å². The monoisotopic (exact) mass is 272 g/mol. The number of sulfonamides is 1. The van der Waals surface area contributed by atoms with E-state index in [1.807, 2.05) is 0 Å². The summed E-state index contributed by atoms with van der Waals surface area (Å²) in [6, 6.07) is 3.63. The second kappa shape index (κ2) is 5.86. The van der Waals surface area contributed by atoms with Crippen molar-refractivity contribution in [3.8, 4) is 0 Å². The molecule has 0 radical (unpaired) electrons. The predicted molar refractivity (Wildman–Crippen MR) is 69.6 cm³/mol. The summed E-state index contributed by atoms with van der Waals surface area (Å²) in [6.45, 7) is 1.21. The van der Waals surface area contributed by atoms with Gasteiger partial charge in [-0.05, 0) is 31.5 Å². The Bertz CT molecular complexity index is 450. The van der Waals surface area contributed by atoms with Crippen LogP contribution >= 0.6 is 0 Å². The molecule has 6 heteroatoms. The summed E-state index contributed by atoms with van der Waals surface area (Å²) < 4.78 is 30.9. The van der Waals surface area contributed by atoms with E-state index in [-0.39, 0.29) is 11.8 Å². The Labute approximate surface area is 108 Å². The molecule has 1 N–H and O–H groups in total. The molecule has 102 valence electrons. The summed E-state index contributed by atoms with van der Waals surface area (Å²) >= 11 is 0. The number of nitrogens with one attached hydrogen (secondary N) is 1. The van der Waals surface area contributed by atoms with E-state index in [2.05, 4.69) is 5.32 Å². The van der Waals surface area contributed by atoms with E-state index in [4.69, 9.17) is 4.42 Å². The fraction of sp³-hybridized carbons (Fsp3) is 0.667. The van der Waals surface area contributed by atoms with Crippen LogP contribution in [0.5, 0.6) is 0 Å². The van der Waals surface area contributed by atoms with Crippen LogP contribution < -0.4 is 5.32 Å². The molecule has 5 nitrogen and oxygen atoms in total. The maximum absolute atomic E-state index is 12.2. The highest BCUT2D eigenvalue weighted by Gasteiger charge is 2.25. The second-order valence-electron chi connectivity index (χ2n) is 4.76. The van der Waals surface area contributed by atoms with E-state index in [1.54, 1.807) is 25.4 Å². The van der Waals surface area contributed by atoms with Gasteiger partial charge in [-0.3, -0.25) is 0 Å². The fourth-order valence-electron chi connectivity index (χ4n) is 2.17. The van der Waals surface area contributed by atoms with Crippen molar-refractivity contribution in [3.63, 3.8) is 0 Å². The lowest BCUT2D eigenvalue weighted by Gasteiger charge is -2.25. The molecule has 0 spiro atoms. The van der Waals surface area contributed by atoms with Gasteiger partial charge in [0.2, 0.25) is 10.0 Å². The van der Waals surface area contributed by atoms with Gasteiger partial charge >= 0.3 is 0 Å². The first kappa shape index (κ1) is 13.6. The van der Waals surface area contributed by atoms with Gasteiger partial charge in [0.05, 0.1) is 18.6 Å². The van der Waals surface area contributed by atoms with Crippen LogP contribution in [0, 0.1) is 0 Å². The smallest absolute Gasteiger partial charge is 0.215 e. The van der Waals surface area contributed by atoms with Gasteiger partial charge in [0.1, 0.15) is 5.76 Å². The minimum Gasteiger partial charge on any atom is -0.468 e. The summed E-state index contributed by atoms with van der Waals surface area (Å²) in [4.78, 5) is 0. The van der Waals surface area contributed by atoms with E-state index >= 15 is 0 Å². The third kappa shape index (κ3) is 3.57. The number of rotatable bonds is 5. The zero-order chi connectivity index (χ0) is 13.0. The van der Waals surface area contributed by atoms with Crippen LogP contribution in [0.15, 0.2) is 22.8 Å². The minimum absolute atomic E-state index is 0.0859. The highest BCUT2D eigenvalue weighted by atomic mass is 32.2. The molecule has 0 bridgehead atoms. The molecule has 1 unspecified atom stereocenters. The van der Waals surface area contributed by atoms with E-state index in [0.29, 0.717) is 12.3 Å². The quantitative estimate of drug-likeness (QED) is 0.874. The van der Waals surface area contributed by atoms with E-state index < -0.39 is 10.0 Å². The fourth-order valence-corrected chi connectivity index (χ4v) is 3.54. The number of hydrogen-bond donors (Lipinski definition) is 1. The van der Waals surface area contributed by atoms with Gasteiger partial charge in [0.15, 0.2) is 0 Å². The Morgan fingerprint density at radius 2 is 2.33 bits per heavy atom. The van der Waals surface area contributed by atoms with Crippen molar-refractivity contribution in [2.45, 2.75) is 31.8 Å². The number of nitrogens with zero attached hydrogens (tertiary/aromatic N) is 1. The Hall–Kier alpha value is -0.850. The zero-order valence-corrected chi connectivity index (χ0v) is 11.4. The molecular weight excluding hydrogens is 252 g/mol. The van der Waals surface area contributed by atoms with Gasteiger partial charge in [0, 0.05) is 13.1 Å². The average Bonchev–Trinajstić information content (AvgIpc) is 2.82. The summed E-state index contributed by atoms with van der Waals surface area (Å²) in [5.74, 6) is 0.835. The van der Waals surface area contributed by atoms with Crippen molar-refractivity contribution in [3.05, 3.63) is 24.2 Å². The van der Waals surface area contributed by atoms with Gasteiger partial charge in [-0.1, -0.05) is 6.42 Å². The molecule has 1 fully saturated rings. The standard InChI is InChI=1S/C12H20N2O3S/c1-14(9-12-6-4-8-17-12)18(15,16)10-11-5-2-3-7-13-11/h4,6,8,11,13H,2-3,5,7,9-10H2,1H3. The molecule has 1 saturated heterocycles. The summed E-state index contributed by atoms with van der Waals surface area (Å²) in [6.07, 6.45) is 4.74. The SMILES string of the molecule is CN(Cc1ccco1)S(=O)(=O)CC1CCCCN1. The molecule has 1 aliphatic heterocycles. The summed E-state index contributed by atoms with van der Waals surface area (Å²) in [7, 11) is -1.63. The molecule has 0 saturated carbocycles. The number of furan rings is 1. The predicted octanol–water partition coefficient (Wildman–Crippen LogP) is 1.18. The second-order valence-corrected chi connectivity index (χ2v) is 6.88. The van der Waals surface area contributed by atoms with Crippen molar-refractivity contribution in [2.75, 3.05) is 19.3 Å². The third-order valence-electron chi connectivity index (χ3n) is 3.26. The van der Waals surface area contributed by atoms with Crippen molar-refractivity contribution in [1.29, 1.82) is 0 Å². The van der Waals surface area contributed by atoms with Crippen LogP contribution in [0.1, 0.15) is 25.0 Å². The van der Waals surface area contributed by atoms with Crippen molar-refractivity contribution < 1.29 is 12.8 Å². The molecule has 2 rings (SSSR count). The zero-order valence-electron chi connectivity index (χ0n) is 10.6. The molecule has 2 heterocycles. The highest BCUT2D eigenvalue weighted by Crippen LogP contribution is 2.13. The molecule has 0 amide bonds. The molecule has 18 heavy (non-hydrogen) atoms. The van der Waals surface area contributed by atoms with E-state index in [1.165, 1.54) is 4.31 Å². The van der Waals surface area contributed by atoms with Crippen LogP contribution in [0.2, 0.25) is 0 Å². The Morgan fingerprint density at radius 3 is 2.94 bits per heavy atom. The van der Waals surface area contributed by atoms with Crippen LogP contribution in [-0.4, -0.2) is 38.1 Å². The average molecular weight is 272 g/mol. The van der Waals surface area contributed by atoms with Gasteiger partial charge in [-0.2, -0.15) is 4.31 Å². The molecule has 1 aromatic rings. The maximum Gasteiger partial charge on any atom is 0.215 e. The van der Waals surface area contributed by atoms with E-state index in [9.17, 15) is 8.42 Å². The Morgan fingerprint density at radius 1 is 1.50 bits per heavy atom. The third-order valence-corrected chi connectivity index (χ3v) is 5.16. The van der Waals surface area contributed by atoms with Crippen LogP contribution in [0.4, 0.5) is 0 Å². The lowest BCUT2D eigenvalue weighted by molar-refractivity contribution is 0.389. The van der Waals surface area contributed by atoms with Crippen LogP contribution in [-0.2, 0) is 16.6 Å². The normalized spacial score (nSPS) is 21.3. The first-order valence-electron chi connectivity index (χ1n) is 6.28. The van der Waals surface area contributed by atoms with Gasteiger partial charge < -0.3 is 9.73 Å². The lowest BCUT2D eigenvalue weighted by atomic mass is 10.1. The van der Waals surface area contributed by atoms with E-state index in [0.717, 1.165) is 25.8 Å². The molecule has 1 atom stereocenters. The van der Waals surface area contributed by atoms with Crippen molar-refractivity contribution >= 4 is 10.0 Å². The van der Waals surface area contributed by atoms with Crippen LogP contribution in [0.3, 0.4) is 0 Å². The van der Waals surface area contributed by atoms with Crippen LogP contribution in [0.25, 0.3) is 0 Å². The number of hydrogen-bond acceptors (Lipinski definition) is 4. The van der Waals surface area contributed by atoms with Gasteiger partial charge in [0.25, 0.3) is 0 Å². The largest absolute Gasteiger partial charge is 0.468 e. The Balaban J connectivity index is 1.92. The first-order valence-corrected chi connectivity index (χ1v) is 7.88. The molecule has 0 aromatic carbocycles. The maximum atomic E-state index is 12.2. The molecule has 0 aliphatic carbocycles. The lowest BCUT2D eigenvalue weighted by Crippen LogP contribution is -2.42. The summed E-state index contributed by atoms with van der Waals surface area (Å²) in [5, 5.41) is 3.26. The molecular formula is C12H20N2O3S. The first-order chi connectivity index (χ1) is 8.58. The topological polar surface area (TPSA) is 62.6 Å². The molecule has 1 aliphatic rings. The Kier molecular flexibility index (Phi) is 4.42. The minimum atomic E-state index is -3.23.